The quantitative estimate of drug-likeness (QED) is 0.572. The monoisotopic (exact) mass is 170 g/mol. The molecule has 12 heavy (non-hydrogen) atoms. The van der Waals surface area contributed by atoms with Crippen LogP contribution in [0.5, 0.6) is 0 Å². The second-order valence-electron chi connectivity index (χ2n) is 4.40. The molecule has 0 aromatic rings. The number of hydrogen-bond donors (Lipinski definition) is 2. The van der Waals surface area contributed by atoms with E-state index in [0.29, 0.717) is 6.04 Å². The molecular formula is C9H18N2O. The van der Waals surface area contributed by atoms with Crippen LogP contribution in [-0.2, 0) is 0 Å². The van der Waals surface area contributed by atoms with E-state index >= 15 is 0 Å². The Bertz CT molecular complexity index is 156. The first-order valence-corrected chi connectivity index (χ1v) is 4.84. The van der Waals surface area contributed by atoms with E-state index in [1.54, 1.807) is 0 Å². The molecule has 2 fully saturated rings. The van der Waals surface area contributed by atoms with E-state index in [9.17, 15) is 5.11 Å². The smallest absolute Gasteiger partial charge is 0.0872 e. The number of piperidine rings is 1. The van der Waals surface area contributed by atoms with Gasteiger partial charge in [0.2, 0.25) is 0 Å². The highest BCUT2D eigenvalue weighted by molar-refractivity contribution is 4.96. The third-order valence-electron chi connectivity index (χ3n) is 2.87. The van der Waals surface area contributed by atoms with Crippen molar-refractivity contribution in [2.45, 2.75) is 31.4 Å². The standard InChI is InChI=1S/C9H18N2O/c1-9(12)6-11(7-9)8-3-2-4-10-5-8/h8,10,12H,2-7H2,1H3. The Labute approximate surface area is 73.8 Å². The van der Waals surface area contributed by atoms with E-state index in [2.05, 4.69) is 10.2 Å². The SMILES string of the molecule is CC1(O)CN(C2CCCNC2)C1. The molecule has 0 radical (unpaired) electrons. The number of hydrogen-bond acceptors (Lipinski definition) is 3. The molecule has 2 aliphatic rings. The summed E-state index contributed by atoms with van der Waals surface area (Å²) in [6.45, 7) is 5.91. The zero-order chi connectivity index (χ0) is 8.60. The van der Waals surface area contributed by atoms with Gasteiger partial charge in [-0.1, -0.05) is 0 Å². The Morgan fingerprint density at radius 3 is 2.75 bits per heavy atom. The summed E-state index contributed by atoms with van der Waals surface area (Å²) in [5.74, 6) is 0. The second-order valence-corrected chi connectivity index (χ2v) is 4.40. The Balaban J connectivity index is 1.79. The lowest BCUT2D eigenvalue weighted by atomic mass is 9.92. The summed E-state index contributed by atoms with van der Waals surface area (Å²) < 4.78 is 0. The average molecular weight is 170 g/mol. The van der Waals surface area contributed by atoms with E-state index in [4.69, 9.17) is 0 Å². The van der Waals surface area contributed by atoms with Gasteiger partial charge in [-0.3, -0.25) is 4.90 Å². The predicted octanol–water partition coefficient (Wildman–Crippen LogP) is -0.195. The van der Waals surface area contributed by atoms with E-state index in [-0.39, 0.29) is 0 Å². The predicted molar refractivity (Wildman–Crippen MR) is 48.1 cm³/mol. The lowest BCUT2D eigenvalue weighted by Gasteiger charge is -2.49. The molecule has 0 spiro atoms. The summed E-state index contributed by atoms with van der Waals surface area (Å²) in [6, 6.07) is 0.680. The Kier molecular flexibility index (Phi) is 2.10. The molecule has 0 saturated carbocycles. The van der Waals surface area contributed by atoms with E-state index in [1.807, 2.05) is 6.92 Å². The molecule has 2 aliphatic heterocycles. The van der Waals surface area contributed by atoms with Crippen LogP contribution in [-0.4, -0.2) is 47.8 Å². The number of likely N-dealkylation sites (tertiary alicyclic amines) is 1. The zero-order valence-corrected chi connectivity index (χ0v) is 7.71. The van der Waals surface area contributed by atoms with Crippen molar-refractivity contribution in [3.8, 4) is 0 Å². The molecule has 0 aliphatic carbocycles. The van der Waals surface area contributed by atoms with Gasteiger partial charge in [0.05, 0.1) is 5.60 Å². The van der Waals surface area contributed by atoms with Crippen molar-refractivity contribution >= 4 is 0 Å². The van der Waals surface area contributed by atoms with Crippen LogP contribution in [0.1, 0.15) is 19.8 Å². The van der Waals surface area contributed by atoms with Crippen LogP contribution in [0.15, 0.2) is 0 Å². The summed E-state index contributed by atoms with van der Waals surface area (Å²) in [5, 5.41) is 12.9. The molecule has 0 bridgehead atoms. The van der Waals surface area contributed by atoms with Gasteiger partial charge < -0.3 is 10.4 Å². The van der Waals surface area contributed by atoms with Crippen LogP contribution in [0.2, 0.25) is 0 Å². The molecule has 3 heteroatoms. The minimum atomic E-state index is -0.405. The molecule has 0 amide bonds. The van der Waals surface area contributed by atoms with Crippen molar-refractivity contribution in [1.29, 1.82) is 0 Å². The molecule has 1 atom stereocenters. The molecule has 1 unspecified atom stereocenters. The fourth-order valence-corrected chi connectivity index (χ4v) is 2.23. The summed E-state index contributed by atoms with van der Waals surface area (Å²) in [5.41, 5.74) is -0.405. The molecule has 0 aromatic heterocycles. The first kappa shape index (κ1) is 8.48. The Hall–Kier alpha value is -0.120. The Morgan fingerprint density at radius 1 is 1.50 bits per heavy atom. The van der Waals surface area contributed by atoms with Gasteiger partial charge in [0.1, 0.15) is 0 Å². The molecule has 3 nitrogen and oxygen atoms in total. The molecule has 2 N–H and O–H groups in total. The van der Waals surface area contributed by atoms with Crippen molar-refractivity contribution in [2.75, 3.05) is 26.2 Å². The normalized spacial score (nSPS) is 36.0. The van der Waals surface area contributed by atoms with Gasteiger partial charge in [-0.2, -0.15) is 0 Å². The van der Waals surface area contributed by atoms with Crippen molar-refractivity contribution in [3.63, 3.8) is 0 Å². The second kappa shape index (κ2) is 2.98. The maximum Gasteiger partial charge on any atom is 0.0872 e. The number of nitrogens with zero attached hydrogens (tertiary/aromatic N) is 1. The lowest BCUT2D eigenvalue weighted by Crippen LogP contribution is -2.65. The first-order valence-electron chi connectivity index (χ1n) is 4.84. The average Bonchev–Trinajstić information content (AvgIpc) is 2.02. The molecule has 70 valence electrons. The van der Waals surface area contributed by atoms with Gasteiger partial charge in [-0.15, -0.1) is 0 Å². The summed E-state index contributed by atoms with van der Waals surface area (Å²) in [4.78, 5) is 2.38. The van der Waals surface area contributed by atoms with Gasteiger partial charge in [0.25, 0.3) is 0 Å². The van der Waals surface area contributed by atoms with Gasteiger partial charge in [0, 0.05) is 25.7 Å². The fourth-order valence-electron chi connectivity index (χ4n) is 2.23. The number of aliphatic hydroxyl groups is 1. The molecule has 2 heterocycles. The first-order chi connectivity index (χ1) is 5.67. The van der Waals surface area contributed by atoms with Crippen LogP contribution in [0.25, 0.3) is 0 Å². The van der Waals surface area contributed by atoms with Gasteiger partial charge >= 0.3 is 0 Å². The summed E-state index contributed by atoms with van der Waals surface area (Å²) >= 11 is 0. The number of nitrogens with one attached hydrogen (secondary N) is 1. The fraction of sp³-hybridized carbons (Fsp3) is 1.00. The number of β-amino-alcohol motifs (C(OH)–C–C–N with tert-alkyl or cyclic N) is 1. The van der Waals surface area contributed by atoms with Crippen molar-refractivity contribution < 1.29 is 5.11 Å². The highest BCUT2D eigenvalue weighted by atomic mass is 16.3. The largest absolute Gasteiger partial charge is 0.388 e. The molecular weight excluding hydrogens is 152 g/mol. The van der Waals surface area contributed by atoms with Crippen molar-refractivity contribution in [2.24, 2.45) is 0 Å². The topological polar surface area (TPSA) is 35.5 Å². The highest BCUT2D eigenvalue weighted by Gasteiger charge is 2.40. The van der Waals surface area contributed by atoms with Gasteiger partial charge in [-0.25, -0.2) is 0 Å². The summed E-state index contributed by atoms with van der Waals surface area (Å²) in [7, 11) is 0. The maximum absolute atomic E-state index is 9.55. The highest BCUT2D eigenvalue weighted by Crippen LogP contribution is 2.24. The molecule has 2 saturated heterocycles. The van der Waals surface area contributed by atoms with Crippen LogP contribution in [0.3, 0.4) is 0 Å². The van der Waals surface area contributed by atoms with Crippen LogP contribution in [0, 0.1) is 0 Å². The van der Waals surface area contributed by atoms with Crippen molar-refractivity contribution in [3.05, 3.63) is 0 Å². The number of rotatable bonds is 1. The minimum Gasteiger partial charge on any atom is -0.388 e. The van der Waals surface area contributed by atoms with Crippen LogP contribution in [0.4, 0.5) is 0 Å². The summed E-state index contributed by atoms with van der Waals surface area (Å²) in [6.07, 6.45) is 2.58. The van der Waals surface area contributed by atoms with E-state index < -0.39 is 5.60 Å². The van der Waals surface area contributed by atoms with Gasteiger partial charge in [0.15, 0.2) is 0 Å². The van der Waals surface area contributed by atoms with Crippen LogP contribution >= 0.6 is 0 Å². The Morgan fingerprint density at radius 2 is 2.25 bits per heavy atom. The molecule has 2 rings (SSSR count). The minimum absolute atomic E-state index is 0.405. The third kappa shape index (κ3) is 1.63. The third-order valence-corrected chi connectivity index (χ3v) is 2.87. The van der Waals surface area contributed by atoms with Crippen molar-refractivity contribution in [1.82, 2.24) is 10.2 Å². The van der Waals surface area contributed by atoms with Crippen LogP contribution < -0.4 is 5.32 Å². The maximum atomic E-state index is 9.55. The van der Waals surface area contributed by atoms with E-state index in [0.717, 1.165) is 19.6 Å². The van der Waals surface area contributed by atoms with Gasteiger partial charge in [-0.05, 0) is 26.3 Å². The zero-order valence-electron chi connectivity index (χ0n) is 7.71. The molecule has 0 aromatic carbocycles. The van der Waals surface area contributed by atoms with E-state index in [1.165, 1.54) is 19.4 Å². The lowest BCUT2D eigenvalue weighted by molar-refractivity contribution is -0.104.